The molecule has 1 heterocycles. The van der Waals surface area contributed by atoms with Gasteiger partial charge in [-0.3, -0.25) is 4.79 Å². The summed E-state index contributed by atoms with van der Waals surface area (Å²) in [5.74, 6) is 1.59. The second-order valence-electron chi connectivity index (χ2n) is 6.69. The van der Waals surface area contributed by atoms with Gasteiger partial charge in [0.2, 0.25) is 0 Å². The molecule has 1 aromatic rings. The van der Waals surface area contributed by atoms with Crippen LogP contribution in [-0.4, -0.2) is 17.9 Å². The van der Waals surface area contributed by atoms with Crippen molar-refractivity contribution in [2.45, 2.75) is 44.1 Å². The quantitative estimate of drug-likeness (QED) is 0.772. The molecule has 4 rings (SSSR count). The Morgan fingerprint density at radius 1 is 1.30 bits per heavy atom. The summed E-state index contributed by atoms with van der Waals surface area (Å²) in [6.07, 6.45) is 8.13. The summed E-state index contributed by atoms with van der Waals surface area (Å²) in [7, 11) is 0. The number of aromatic hydroxyl groups is 1. The topological polar surface area (TPSA) is 49.3 Å². The predicted molar refractivity (Wildman–Crippen MR) is 76.9 cm³/mol. The van der Waals surface area contributed by atoms with Gasteiger partial charge < -0.3 is 10.4 Å². The summed E-state index contributed by atoms with van der Waals surface area (Å²) in [4.78, 5) is 11.1. The lowest BCUT2D eigenvalue weighted by Crippen LogP contribution is -2.59. The van der Waals surface area contributed by atoms with Crippen LogP contribution in [-0.2, 0) is 12.0 Å². The normalized spacial score (nSPS) is 35.0. The van der Waals surface area contributed by atoms with E-state index < -0.39 is 0 Å². The van der Waals surface area contributed by atoms with Gasteiger partial charge in [0, 0.05) is 5.54 Å². The van der Waals surface area contributed by atoms with E-state index in [-0.39, 0.29) is 11.3 Å². The van der Waals surface area contributed by atoms with Crippen LogP contribution in [0.1, 0.15) is 53.6 Å². The van der Waals surface area contributed by atoms with Crippen LogP contribution >= 0.6 is 0 Å². The number of carbonyl (C=O) groups excluding carboxylic acids is 1. The van der Waals surface area contributed by atoms with Gasteiger partial charge >= 0.3 is 0 Å². The Bertz CT molecular complexity index is 564. The molecule has 3 atom stereocenters. The fraction of sp³-hybridized carbons (Fsp3) is 0.588. The Morgan fingerprint density at radius 3 is 3.05 bits per heavy atom. The van der Waals surface area contributed by atoms with Crippen molar-refractivity contribution in [1.29, 1.82) is 0 Å². The Labute approximate surface area is 119 Å². The summed E-state index contributed by atoms with van der Waals surface area (Å²) >= 11 is 0. The monoisotopic (exact) mass is 271 g/mol. The minimum absolute atomic E-state index is 0.0631. The zero-order valence-electron chi connectivity index (χ0n) is 11.7. The third kappa shape index (κ3) is 1.53. The number of phenols is 1. The number of hydrogen-bond donors (Lipinski definition) is 2. The molecule has 2 bridgehead atoms. The molecule has 2 aliphatic carbocycles. The molecule has 2 fully saturated rings. The standard InChI is InChI=1S/C17H21NO2/c19-10-13-8-12-7-11-4-6-18-17(15(12)9-16(13)20)5-2-1-3-14(11)17/h8-11,14,18,20H,1-7H2. The molecule has 3 unspecified atom stereocenters. The first-order valence-corrected chi connectivity index (χ1v) is 7.81. The maximum atomic E-state index is 11.1. The molecule has 106 valence electrons. The number of carbonyl (C=O) groups is 1. The number of fused-ring (bicyclic) bond motifs is 1. The van der Waals surface area contributed by atoms with E-state index in [1.807, 2.05) is 12.1 Å². The van der Waals surface area contributed by atoms with Crippen LogP contribution in [0.4, 0.5) is 0 Å². The van der Waals surface area contributed by atoms with Crippen LogP contribution in [0.2, 0.25) is 0 Å². The predicted octanol–water partition coefficient (Wildman–Crippen LogP) is 2.76. The summed E-state index contributed by atoms with van der Waals surface area (Å²) in [6.45, 7) is 1.08. The van der Waals surface area contributed by atoms with Crippen molar-refractivity contribution < 1.29 is 9.90 Å². The van der Waals surface area contributed by atoms with Crippen molar-refractivity contribution in [1.82, 2.24) is 5.32 Å². The average molecular weight is 271 g/mol. The highest BCUT2D eigenvalue weighted by molar-refractivity contribution is 5.80. The molecule has 0 radical (unpaired) electrons. The molecular formula is C17H21NO2. The number of hydrogen-bond acceptors (Lipinski definition) is 3. The van der Waals surface area contributed by atoms with Gasteiger partial charge in [-0.1, -0.05) is 12.8 Å². The Kier molecular flexibility index (Phi) is 2.68. The zero-order chi connectivity index (χ0) is 13.7. The molecule has 0 spiro atoms. The Morgan fingerprint density at radius 2 is 2.20 bits per heavy atom. The highest BCUT2D eigenvalue weighted by Crippen LogP contribution is 2.54. The highest BCUT2D eigenvalue weighted by atomic mass is 16.3. The smallest absolute Gasteiger partial charge is 0.153 e. The van der Waals surface area contributed by atoms with Crippen LogP contribution in [0.25, 0.3) is 0 Å². The van der Waals surface area contributed by atoms with Gasteiger partial charge in [0.25, 0.3) is 0 Å². The molecule has 3 heteroatoms. The van der Waals surface area contributed by atoms with E-state index in [0.717, 1.165) is 25.2 Å². The van der Waals surface area contributed by atoms with Gasteiger partial charge in [-0.15, -0.1) is 0 Å². The SMILES string of the molecule is O=Cc1cc2c(cc1O)C13CCCCC1C(CCN3)C2. The number of benzene rings is 1. The van der Waals surface area contributed by atoms with Gasteiger partial charge in [0.05, 0.1) is 5.56 Å². The van der Waals surface area contributed by atoms with Crippen LogP contribution in [0.15, 0.2) is 12.1 Å². The van der Waals surface area contributed by atoms with E-state index in [9.17, 15) is 9.90 Å². The van der Waals surface area contributed by atoms with E-state index in [1.165, 1.54) is 43.2 Å². The van der Waals surface area contributed by atoms with Crippen molar-refractivity contribution >= 4 is 6.29 Å². The molecule has 3 nitrogen and oxygen atoms in total. The lowest BCUT2D eigenvalue weighted by molar-refractivity contribution is 0.0346. The maximum absolute atomic E-state index is 11.1. The van der Waals surface area contributed by atoms with Crippen molar-refractivity contribution in [3.63, 3.8) is 0 Å². The van der Waals surface area contributed by atoms with Crippen LogP contribution < -0.4 is 5.32 Å². The first-order valence-electron chi connectivity index (χ1n) is 7.81. The minimum atomic E-state index is 0.0631. The number of piperidine rings is 1. The molecule has 3 aliphatic rings. The number of rotatable bonds is 1. The van der Waals surface area contributed by atoms with E-state index in [2.05, 4.69) is 5.32 Å². The maximum Gasteiger partial charge on any atom is 0.153 e. The summed E-state index contributed by atoms with van der Waals surface area (Å²) < 4.78 is 0. The minimum Gasteiger partial charge on any atom is -0.507 e. The largest absolute Gasteiger partial charge is 0.507 e. The molecule has 1 aromatic carbocycles. The van der Waals surface area contributed by atoms with E-state index in [1.54, 1.807) is 0 Å². The van der Waals surface area contributed by atoms with Crippen LogP contribution in [0.3, 0.4) is 0 Å². The Balaban J connectivity index is 1.91. The fourth-order valence-electron chi connectivity index (χ4n) is 5.03. The van der Waals surface area contributed by atoms with Gasteiger partial charge in [-0.05, 0) is 67.3 Å². The second kappa shape index (κ2) is 4.32. The lowest BCUT2D eigenvalue weighted by Gasteiger charge is -2.56. The van der Waals surface area contributed by atoms with Gasteiger partial charge in [-0.2, -0.15) is 0 Å². The molecule has 0 aromatic heterocycles. The third-order valence-electron chi connectivity index (χ3n) is 5.84. The molecule has 1 saturated heterocycles. The molecule has 20 heavy (non-hydrogen) atoms. The second-order valence-corrected chi connectivity index (χ2v) is 6.69. The zero-order valence-corrected chi connectivity index (χ0v) is 11.7. The van der Waals surface area contributed by atoms with Crippen LogP contribution in [0.5, 0.6) is 5.75 Å². The Hall–Kier alpha value is -1.35. The summed E-state index contributed by atoms with van der Waals surface area (Å²) in [5.41, 5.74) is 3.04. The average Bonchev–Trinajstić information content (AvgIpc) is 2.48. The molecule has 1 saturated carbocycles. The van der Waals surface area contributed by atoms with E-state index in [0.29, 0.717) is 11.5 Å². The first-order chi connectivity index (χ1) is 9.74. The number of nitrogens with one attached hydrogen (secondary N) is 1. The van der Waals surface area contributed by atoms with Gasteiger partial charge in [0.15, 0.2) is 6.29 Å². The highest BCUT2D eigenvalue weighted by Gasteiger charge is 2.51. The fourth-order valence-corrected chi connectivity index (χ4v) is 5.03. The van der Waals surface area contributed by atoms with Crippen LogP contribution in [0, 0.1) is 11.8 Å². The van der Waals surface area contributed by atoms with Crippen molar-refractivity contribution in [3.8, 4) is 5.75 Å². The van der Waals surface area contributed by atoms with Crippen molar-refractivity contribution in [2.24, 2.45) is 11.8 Å². The van der Waals surface area contributed by atoms with E-state index in [4.69, 9.17) is 0 Å². The van der Waals surface area contributed by atoms with Crippen molar-refractivity contribution in [2.75, 3.05) is 6.54 Å². The molecule has 0 amide bonds. The van der Waals surface area contributed by atoms with Crippen molar-refractivity contribution in [3.05, 3.63) is 28.8 Å². The number of aldehydes is 1. The summed E-state index contributed by atoms with van der Waals surface area (Å²) in [6, 6.07) is 3.79. The molecule has 2 N–H and O–H groups in total. The molecular weight excluding hydrogens is 250 g/mol. The number of phenolic OH excluding ortho intramolecular Hbond substituents is 1. The third-order valence-corrected chi connectivity index (χ3v) is 5.84. The first kappa shape index (κ1) is 12.4. The van der Waals surface area contributed by atoms with Gasteiger partial charge in [0.1, 0.15) is 5.75 Å². The van der Waals surface area contributed by atoms with Gasteiger partial charge in [-0.25, -0.2) is 0 Å². The lowest BCUT2D eigenvalue weighted by atomic mass is 9.56. The summed E-state index contributed by atoms with van der Waals surface area (Å²) in [5, 5.41) is 13.9. The van der Waals surface area contributed by atoms with E-state index >= 15 is 0 Å². The molecule has 1 aliphatic heterocycles.